The molecule has 4 heteroatoms. The van der Waals surface area contributed by atoms with Gasteiger partial charge in [0, 0.05) is 0 Å². The van der Waals surface area contributed by atoms with Gasteiger partial charge in [-0.25, -0.2) is 4.79 Å². The van der Waals surface area contributed by atoms with Gasteiger partial charge in [-0.15, -0.1) is 0 Å². The van der Waals surface area contributed by atoms with Gasteiger partial charge < -0.3 is 11.5 Å². The zero-order valence-corrected chi connectivity index (χ0v) is 9.21. The molecule has 0 heterocycles. The van der Waals surface area contributed by atoms with E-state index in [1.807, 2.05) is 30.3 Å². The van der Waals surface area contributed by atoms with E-state index in [9.17, 15) is 4.79 Å². The van der Waals surface area contributed by atoms with Gasteiger partial charge in [-0.3, -0.25) is 4.90 Å². The van der Waals surface area contributed by atoms with Crippen molar-refractivity contribution in [3.63, 3.8) is 0 Å². The molecule has 0 spiro atoms. The Balaban J connectivity index is 2.51. The summed E-state index contributed by atoms with van der Waals surface area (Å²) in [4.78, 5) is 12.9. The highest BCUT2D eigenvalue weighted by molar-refractivity contribution is 6.01. The van der Waals surface area contributed by atoms with Gasteiger partial charge in [-0.05, 0) is 24.3 Å². The smallest absolute Gasteiger partial charge is 0.323 e. The van der Waals surface area contributed by atoms with E-state index < -0.39 is 6.03 Å². The number of urea groups is 1. The highest BCUT2D eigenvalue weighted by Crippen LogP contribution is 2.29. The number of hydrogen-bond acceptors (Lipinski definition) is 2. The van der Waals surface area contributed by atoms with Crippen LogP contribution >= 0.6 is 0 Å². The Morgan fingerprint density at radius 1 is 0.941 bits per heavy atom. The molecule has 0 fully saturated rings. The predicted octanol–water partition coefficient (Wildman–Crippen LogP) is 2.49. The summed E-state index contributed by atoms with van der Waals surface area (Å²) in [6.07, 6.45) is 0. The summed E-state index contributed by atoms with van der Waals surface area (Å²) in [5, 5.41) is 0. The molecule has 2 amide bonds. The quantitative estimate of drug-likeness (QED) is 0.773. The fourth-order valence-electron chi connectivity index (χ4n) is 1.65. The first-order chi connectivity index (χ1) is 8.20. The van der Waals surface area contributed by atoms with Gasteiger partial charge in [0.05, 0.1) is 17.1 Å². The van der Waals surface area contributed by atoms with E-state index in [0.717, 1.165) is 0 Å². The van der Waals surface area contributed by atoms with Crippen LogP contribution < -0.4 is 16.4 Å². The van der Waals surface area contributed by atoms with E-state index in [-0.39, 0.29) is 0 Å². The number of nitrogens with zero attached hydrogens (tertiary/aromatic N) is 1. The predicted molar refractivity (Wildman–Crippen MR) is 69.0 cm³/mol. The number of carbonyl (C=O) groups is 1. The average molecular weight is 227 g/mol. The third-order valence-electron chi connectivity index (χ3n) is 2.41. The molecule has 2 rings (SSSR count). The van der Waals surface area contributed by atoms with Crippen molar-refractivity contribution in [1.82, 2.24) is 0 Å². The van der Waals surface area contributed by atoms with Gasteiger partial charge in [-0.2, -0.15) is 0 Å². The zero-order chi connectivity index (χ0) is 12.3. The molecule has 0 radical (unpaired) electrons. The van der Waals surface area contributed by atoms with E-state index in [1.165, 1.54) is 4.90 Å². The maximum absolute atomic E-state index is 11.5. The fourth-order valence-corrected chi connectivity index (χ4v) is 1.65. The van der Waals surface area contributed by atoms with Crippen LogP contribution in [0.2, 0.25) is 0 Å². The lowest BCUT2D eigenvalue weighted by molar-refractivity contribution is 0.256. The fraction of sp³-hybridized carbons (Fsp3) is 0. The molecule has 4 N–H and O–H groups in total. The second-order valence-electron chi connectivity index (χ2n) is 3.57. The molecule has 2 aromatic rings. The molecular formula is C13H13N3O. The Labute approximate surface area is 99.5 Å². The molecule has 0 aliphatic heterocycles. The minimum atomic E-state index is -0.561. The van der Waals surface area contributed by atoms with Crippen LogP contribution in [0.25, 0.3) is 0 Å². The number of nitrogens with two attached hydrogens (primary N) is 2. The topological polar surface area (TPSA) is 72.4 Å². The normalized spacial score (nSPS) is 9.88. The Morgan fingerprint density at radius 2 is 1.53 bits per heavy atom. The Morgan fingerprint density at radius 3 is 2.12 bits per heavy atom. The zero-order valence-electron chi connectivity index (χ0n) is 9.21. The molecule has 0 saturated heterocycles. The molecule has 4 nitrogen and oxygen atoms in total. The molecule has 0 aliphatic rings. The molecular weight excluding hydrogens is 214 g/mol. The number of benzene rings is 2. The number of nitrogen functional groups attached to an aromatic ring is 1. The van der Waals surface area contributed by atoms with Crippen LogP contribution in [0.4, 0.5) is 21.9 Å². The SMILES string of the molecule is NC(=O)N(c1ccccc1)c1ccccc1N. The highest BCUT2D eigenvalue weighted by atomic mass is 16.2. The summed E-state index contributed by atoms with van der Waals surface area (Å²) in [5.74, 6) is 0. The summed E-state index contributed by atoms with van der Waals surface area (Å²) >= 11 is 0. The Kier molecular flexibility index (Phi) is 2.96. The maximum atomic E-state index is 11.5. The molecule has 86 valence electrons. The van der Waals surface area contributed by atoms with Crippen LogP contribution in [0, 0.1) is 0 Å². The number of hydrogen-bond donors (Lipinski definition) is 2. The van der Waals surface area contributed by atoms with Crippen LogP contribution in [0.15, 0.2) is 54.6 Å². The first kappa shape index (κ1) is 11.0. The minimum Gasteiger partial charge on any atom is -0.397 e. The Hall–Kier alpha value is -2.49. The van der Waals surface area contributed by atoms with Gasteiger partial charge in [-0.1, -0.05) is 30.3 Å². The first-order valence-corrected chi connectivity index (χ1v) is 5.19. The van der Waals surface area contributed by atoms with Crippen molar-refractivity contribution in [3.05, 3.63) is 54.6 Å². The molecule has 0 bridgehead atoms. The van der Waals surface area contributed by atoms with Gasteiger partial charge in [0.25, 0.3) is 0 Å². The molecule has 0 saturated carbocycles. The van der Waals surface area contributed by atoms with Crippen molar-refractivity contribution in [3.8, 4) is 0 Å². The molecule has 0 atom stereocenters. The summed E-state index contributed by atoms with van der Waals surface area (Å²) in [6, 6.07) is 15.7. The third kappa shape index (κ3) is 2.20. The number of primary amides is 1. The van der Waals surface area contributed by atoms with E-state index in [1.54, 1.807) is 24.3 Å². The van der Waals surface area contributed by atoms with Crippen molar-refractivity contribution in [1.29, 1.82) is 0 Å². The van der Waals surface area contributed by atoms with Gasteiger partial charge in [0.15, 0.2) is 0 Å². The second-order valence-corrected chi connectivity index (χ2v) is 3.57. The Bertz CT molecular complexity index is 525. The van der Waals surface area contributed by atoms with Crippen molar-refractivity contribution in [2.45, 2.75) is 0 Å². The lowest BCUT2D eigenvalue weighted by Crippen LogP contribution is -2.31. The van der Waals surface area contributed by atoms with Crippen molar-refractivity contribution >= 4 is 23.1 Å². The maximum Gasteiger partial charge on any atom is 0.323 e. The molecule has 17 heavy (non-hydrogen) atoms. The summed E-state index contributed by atoms with van der Waals surface area (Å²) in [7, 11) is 0. The monoisotopic (exact) mass is 227 g/mol. The van der Waals surface area contributed by atoms with E-state index in [4.69, 9.17) is 11.5 Å². The standard InChI is InChI=1S/C13H13N3O/c14-11-8-4-5-9-12(11)16(13(15)17)10-6-2-1-3-7-10/h1-9H,14H2,(H2,15,17). The van der Waals surface area contributed by atoms with Gasteiger partial charge in [0.2, 0.25) is 0 Å². The highest BCUT2D eigenvalue weighted by Gasteiger charge is 2.16. The molecule has 0 unspecified atom stereocenters. The van der Waals surface area contributed by atoms with Crippen LogP contribution in [-0.2, 0) is 0 Å². The first-order valence-electron chi connectivity index (χ1n) is 5.19. The van der Waals surface area contributed by atoms with Crippen molar-refractivity contribution in [2.24, 2.45) is 5.73 Å². The number of para-hydroxylation sites is 3. The summed E-state index contributed by atoms with van der Waals surface area (Å²) in [6.45, 7) is 0. The van der Waals surface area contributed by atoms with Gasteiger partial charge in [0.1, 0.15) is 0 Å². The largest absolute Gasteiger partial charge is 0.397 e. The average Bonchev–Trinajstić information content (AvgIpc) is 2.33. The minimum absolute atomic E-state index is 0.509. The lowest BCUT2D eigenvalue weighted by Gasteiger charge is -2.21. The molecule has 0 aliphatic carbocycles. The number of anilines is 3. The van der Waals surface area contributed by atoms with Crippen molar-refractivity contribution < 1.29 is 4.79 Å². The van der Waals surface area contributed by atoms with E-state index >= 15 is 0 Å². The summed E-state index contributed by atoms with van der Waals surface area (Å²) in [5.41, 5.74) is 13.0. The van der Waals surface area contributed by atoms with Gasteiger partial charge >= 0.3 is 6.03 Å². The van der Waals surface area contributed by atoms with E-state index in [2.05, 4.69) is 0 Å². The second kappa shape index (κ2) is 4.57. The number of amides is 2. The van der Waals surface area contributed by atoms with Crippen LogP contribution in [0.5, 0.6) is 0 Å². The summed E-state index contributed by atoms with van der Waals surface area (Å²) < 4.78 is 0. The van der Waals surface area contributed by atoms with Crippen molar-refractivity contribution in [2.75, 3.05) is 10.6 Å². The number of rotatable bonds is 2. The lowest BCUT2D eigenvalue weighted by atomic mass is 10.2. The van der Waals surface area contributed by atoms with Crippen LogP contribution in [0.3, 0.4) is 0 Å². The van der Waals surface area contributed by atoms with Crippen LogP contribution in [0.1, 0.15) is 0 Å². The third-order valence-corrected chi connectivity index (χ3v) is 2.41. The van der Waals surface area contributed by atoms with E-state index in [0.29, 0.717) is 17.1 Å². The van der Waals surface area contributed by atoms with Crippen LogP contribution in [-0.4, -0.2) is 6.03 Å². The molecule has 0 aromatic heterocycles. The molecule has 2 aromatic carbocycles. The number of carbonyl (C=O) groups excluding carboxylic acids is 1.